The van der Waals surface area contributed by atoms with Crippen molar-refractivity contribution in [3.8, 4) is 11.5 Å². The predicted octanol–water partition coefficient (Wildman–Crippen LogP) is 8.58. The minimum atomic E-state index is -1.77. The Morgan fingerprint density at radius 2 is 1.27 bits per heavy atom. The van der Waals surface area contributed by atoms with E-state index in [2.05, 4.69) is 132 Å². The molecule has 0 N–H and O–H groups in total. The zero-order chi connectivity index (χ0) is 21.7. The van der Waals surface area contributed by atoms with Gasteiger partial charge in [-0.3, -0.25) is 0 Å². The highest BCUT2D eigenvalue weighted by Crippen LogP contribution is 2.41. The maximum absolute atomic E-state index is 3.91. The smallest absolute Gasteiger partial charge is 0.125 e. The number of fused-ring (bicyclic) bond motifs is 1. The summed E-state index contributed by atoms with van der Waals surface area (Å²) in [5.41, 5.74) is 9.41. The Balaban J connectivity index is 2.15. The summed E-state index contributed by atoms with van der Waals surface area (Å²) >= 11 is 0. The summed E-state index contributed by atoms with van der Waals surface area (Å²) in [6.07, 6.45) is 4.41. The van der Waals surface area contributed by atoms with Crippen LogP contribution in [0.3, 0.4) is 0 Å². The number of hydrogen-bond donors (Lipinski definition) is 0. The molecule has 0 saturated carbocycles. The average molecular weight is 411 g/mol. The van der Waals surface area contributed by atoms with Crippen molar-refractivity contribution in [3.05, 3.63) is 83.4 Å². The molecule has 3 aromatic rings. The lowest BCUT2D eigenvalue weighted by atomic mass is 9.99. The van der Waals surface area contributed by atoms with Gasteiger partial charge >= 0.3 is 0 Å². The molecule has 0 atom stereocenters. The zero-order valence-electron chi connectivity index (χ0n) is 19.2. The first-order valence-corrected chi connectivity index (χ1v) is 13.4. The summed E-state index contributed by atoms with van der Waals surface area (Å²) in [5.74, 6) is 3.69. The lowest BCUT2D eigenvalue weighted by Gasteiger charge is -2.38. The Morgan fingerprint density at radius 1 is 0.667 bits per heavy atom. The van der Waals surface area contributed by atoms with E-state index in [0.29, 0.717) is 16.6 Å². The van der Waals surface area contributed by atoms with Crippen LogP contribution in [-0.2, 0) is 0 Å². The Labute approximate surface area is 184 Å². The van der Waals surface area contributed by atoms with E-state index in [1.54, 1.807) is 0 Å². The largest absolute Gasteiger partial charge is 0.146 e. The van der Waals surface area contributed by atoms with Crippen LogP contribution in [0.4, 0.5) is 0 Å². The topological polar surface area (TPSA) is 0 Å². The second kappa shape index (κ2) is 9.50. The lowest BCUT2D eigenvalue weighted by molar-refractivity contribution is 0.838. The Hall–Kier alpha value is -2.56. The van der Waals surface area contributed by atoms with Crippen LogP contribution in [0.1, 0.15) is 58.2 Å². The van der Waals surface area contributed by atoms with Crippen LogP contribution in [0.25, 0.3) is 22.9 Å². The van der Waals surface area contributed by atoms with E-state index >= 15 is 0 Å². The van der Waals surface area contributed by atoms with Gasteiger partial charge in [0, 0.05) is 10.9 Å². The number of benzene rings is 3. The Morgan fingerprint density at radius 3 is 1.87 bits per heavy atom. The van der Waals surface area contributed by atoms with Crippen LogP contribution in [-0.4, -0.2) is 8.07 Å². The van der Waals surface area contributed by atoms with Gasteiger partial charge in [-0.2, -0.15) is 0 Å². The molecule has 0 amide bonds. The molecule has 1 heteroatoms. The van der Waals surface area contributed by atoms with E-state index in [-0.39, 0.29) is 0 Å². The van der Waals surface area contributed by atoms with E-state index in [4.69, 9.17) is 0 Å². The maximum Gasteiger partial charge on any atom is 0.146 e. The van der Waals surface area contributed by atoms with Crippen molar-refractivity contribution in [1.82, 2.24) is 0 Å². The lowest BCUT2D eigenvalue weighted by Crippen LogP contribution is -2.43. The van der Waals surface area contributed by atoms with Crippen molar-refractivity contribution in [1.29, 1.82) is 0 Å². The maximum atomic E-state index is 3.91. The zero-order valence-corrected chi connectivity index (χ0v) is 20.2. The molecule has 0 unspecified atom stereocenters. The molecule has 0 aliphatic heterocycles. The van der Waals surface area contributed by atoms with Crippen molar-refractivity contribution in [2.75, 3.05) is 0 Å². The Kier molecular flexibility index (Phi) is 7.01. The molecule has 3 aromatic carbocycles. The fraction of sp³-hybridized carbons (Fsp3) is 0.310. The van der Waals surface area contributed by atoms with Crippen molar-refractivity contribution in [2.45, 2.75) is 58.2 Å². The summed E-state index contributed by atoms with van der Waals surface area (Å²) in [6.45, 7) is 14.2. The van der Waals surface area contributed by atoms with Crippen LogP contribution < -0.4 is 0 Å². The first kappa shape index (κ1) is 22.1. The number of rotatable bonds is 5. The molecule has 3 rings (SSSR count). The molecule has 0 fully saturated rings. The molecule has 30 heavy (non-hydrogen) atoms. The summed E-state index contributed by atoms with van der Waals surface area (Å²) in [7, 11) is -1.77. The van der Waals surface area contributed by atoms with Gasteiger partial charge in [-0.25, -0.2) is 0 Å². The normalized spacial score (nSPS) is 12.2. The van der Waals surface area contributed by atoms with Gasteiger partial charge in [0.05, 0.1) is 0 Å². The minimum absolute atomic E-state index is 0.637. The van der Waals surface area contributed by atoms with Crippen LogP contribution in [0, 0.1) is 11.5 Å². The molecule has 0 nitrogen and oxygen atoms in total. The fourth-order valence-electron chi connectivity index (χ4n) is 4.97. The van der Waals surface area contributed by atoms with E-state index in [0.717, 1.165) is 5.56 Å². The third-order valence-electron chi connectivity index (χ3n) is 6.47. The molecule has 0 bridgehead atoms. The van der Waals surface area contributed by atoms with Crippen molar-refractivity contribution < 1.29 is 0 Å². The molecule has 0 spiro atoms. The average Bonchev–Trinajstić information content (AvgIpc) is 2.72. The van der Waals surface area contributed by atoms with Crippen molar-refractivity contribution in [3.63, 3.8) is 0 Å². The molecule has 0 aliphatic carbocycles. The highest BCUT2D eigenvalue weighted by atomic mass is 28.3. The third kappa shape index (κ3) is 4.45. The van der Waals surface area contributed by atoms with Gasteiger partial charge in [-0.05, 0) is 39.2 Å². The molecule has 0 radical (unpaired) electrons. The molecule has 0 aromatic heterocycles. The van der Waals surface area contributed by atoms with Crippen LogP contribution in [0.2, 0.25) is 16.6 Å². The molecule has 0 aliphatic rings. The summed E-state index contributed by atoms with van der Waals surface area (Å²) < 4.78 is 0. The van der Waals surface area contributed by atoms with Gasteiger partial charge in [0.15, 0.2) is 0 Å². The van der Waals surface area contributed by atoms with Gasteiger partial charge in [-0.15, -0.1) is 5.54 Å². The summed E-state index contributed by atoms with van der Waals surface area (Å²) in [4.78, 5) is 0. The summed E-state index contributed by atoms with van der Waals surface area (Å²) in [6, 6.07) is 23.5. The summed E-state index contributed by atoms with van der Waals surface area (Å²) in [5, 5.41) is 2.52. The van der Waals surface area contributed by atoms with Gasteiger partial charge in [0.1, 0.15) is 8.07 Å². The van der Waals surface area contributed by atoms with Crippen LogP contribution in [0.5, 0.6) is 0 Å². The van der Waals surface area contributed by atoms with Gasteiger partial charge in [-0.1, -0.05) is 120 Å². The minimum Gasteiger partial charge on any atom is -0.125 e. The highest BCUT2D eigenvalue weighted by Gasteiger charge is 2.41. The van der Waals surface area contributed by atoms with Gasteiger partial charge < -0.3 is 0 Å². The van der Waals surface area contributed by atoms with E-state index in [1.807, 2.05) is 0 Å². The van der Waals surface area contributed by atoms with E-state index in [9.17, 15) is 0 Å². The SMILES string of the molecule is CC(C)[Si](C#Cc1cccc2cccc(/C=C/c3ccccc3)c12)(C(C)C)C(C)C. The molecule has 0 saturated heterocycles. The second-order valence-electron chi connectivity index (χ2n) is 9.14. The van der Waals surface area contributed by atoms with Gasteiger partial charge in [0.2, 0.25) is 0 Å². The third-order valence-corrected chi connectivity index (χ3v) is 12.8. The van der Waals surface area contributed by atoms with Crippen LogP contribution >= 0.6 is 0 Å². The first-order chi connectivity index (χ1) is 14.4. The molecule has 154 valence electrons. The fourth-order valence-corrected chi connectivity index (χ4v) is 10.2. The molecular weight excluding hydrogens is 376 g/mol. The van der Waals surface area contributed by atoms with E-state index in [1.165, 1.54) is 21.9 Å². The van der Waals surface area contributed by atoms with E-state index < -0.39 is 8.07 Å². The first-order valence-electron chi connectivity index (χ1n) is 11.1. The van der Waals surface area contributed by atoms with Crippen molar-refractivity contribution >= 4 is 31.0 Å². The number of hydrogen-bond acceptors (Lipinski definition) is 0. The molecular formula is C29H34Si. The van der Waals surface area contributed by atoms with Gasteiger partial charge in [0.25, 0.3) is 0 Å². The van der Waals surface area contributed by atoms with Crippen LogP contribution in [0.15, 0.2) is 66.7 Å². The Bertz CT molecular complexity index is 1050. The predicted molar refractivity (Wildman–Crippen MR) is 137 cm³/mol. The second-order valence-corrected chi connectivity index (χ2v) is 14.7. The highest BCUT2D eigenvalue weighted by molar-refractivity contribution is 6.90. The monoisotopic (exact) mass is 410 g/mol. The standard InChI is InChI=1S/C29H34Si/c1-22(2)30(23(3)4,24(5)6)21-20-28-17-11-15-26-14-10-16-27(29(26)28)19-18-25-12-8-7-9-13-25/h7-19,22-24H,1-6H3/b19-18+. The quantitative estimate of drug-likeness (QED) is 0.224. The van der Waals surface area contributed by atoms with Crippen molar-refractivity contribution in [2.24, 2.45) is 0 Å². The molecule has 0 heterocycles.